The highest BCUT2D eigenvalue weighted by Crippen LogP contribution is 2.48. The Morgan fingerprint density at radius 3 is 2.23 bits per heavy atom. The summed E-state index contributed by atoms with van der Waals surface area (Å²) in [5.41, 5.74) is 5.96. The van der Waals surface area contributed by atoms with E-state index in [-0.39, 0.29) is 15.3 Å². The third kappa shape index (κ3) is 4.26. The minimum Gasteiger partial charge on any atom is -0.347 e. The van der Waals surface area contributed by atoms with Crippen LogP contribution in [0, 0.1) is 0 Å². The summed E-state index contributed by atoms with van der Waals surface area (Å²) in [4.78, 5) is 29.2. The van der Waals surface area contributed by atoms with E-state index in [0.29, 0.717) is 19.8 Å². The molecule has 0 unspecified atom stereocenters. The van der Waals surface area contributed by atoms with Gasteiger partial charge in [0.1, 0.15) is 9.57 Å². The quantitative estimate of drug-likeness (QED) is 0.218. The van der Waals surface area contributed by atoms with Gasteiger partial charge < -0.3 is 4.90 Å². The van der Waals surface area contributed by atoms with Gasteiger partial charge in [-0.3, -0.25) is 14.2 Å². The molecule has 1 saturated heterocycles. The lowest BCUT2D eigenvalue weighted by molar-refractivity contribution is -0.120. The molecule has 2 aliphatic rings. The van der Waals surface area contributed by atoms with E-state index in [9.17, 15) is 9.59 Å². The Morgan fingerprint density at radius 1 is 0.900 bits per heavy atom. The molecule has 0 bridgehead atoms. The first-order valence-electron chi connectivity index (χ1n) is 12.7. The van der Waals surface area contributed by atoms with Crippen molar-refractivity contribution < 1.29 is 4.79 Å². The van der Waals surface area contributed by atoms with Crippen molar-refractivity contribution in [2.24, 2.45) is 5.84 Å². The van der Waals surface area contributed by atoms with Crippen molar-refractivity contribution in [1.29, 1.82) is 0 Å². The molecule has 4 aromatic rings. The minimum absolute atomic E-state index is 0.201. The molecule has 1 fully saturated rings. The summed E-state index contributed by atoms with van der Waals surface area (Å²) in [7, 11) is 2.05. The van der Waals surface area contributed by atoms with Gasteiger partial charge in [-0.15, -0.1) is 11.3 Å². The molecule has 0 saturated carbocycles. The maximum Gasteiger partial charge on any atom is 0.283 e. The van der Waals surface area contributed by atoms with E-state index in [0.717, 1.165) is 28.2 Å². The zero-order valence-corrected chi connectivity index (χ0v) is 24.6. The molecule has 0 radical (unpaired) electrons. The fourth-order valence-electron chi connectivity index (χ4n) is 5.27. The zero-order chi connectivity index (χ0) is 28.2. The molecule has 2 aliphatic heterocycles. The van der Waals surface area contributed by atoms with Crippen LogP contribution in [0.2, 0.25) is 0 Å². The number of hydrazine groups is 1. The number of nitrogens with two attached hydrogens (primary N) is 1. The summed E-state index contributed by atoms with van der Waals surface area (Å²) < 4.78 is 2.86. The number of hydrogen-bond donors (Lipinski definition) is 1. The average molecular weight is 583 g/mol. The number of rotatable bonds is 3. The van der Waals surface area contributed by atoms with E-state index in [1.165, 1.54) is 28.0 Å². The van der Waals surface area contributed by atoms with E-state index in [1.807, 2.05) is 60.7 Å². The summed E-state index contributed by atoms with van der Waals surface area (Å²) in [6, 6.07) is 26.2. The number of allylic oxidation sites excluding steroid dienone is 2. The van der Waals surface area contributed by atoms with Gasteiger partial charge in [-0.25, -0.2) is 10.9 Å². The van der Waals surface area contributed by atoms with Gasteiger partial charge in [-0.2, -0.15) is 0 Å². The fraction of sp³-hybridized carbons (Fsp3) is 0.129. The van der Waals surface area contributed by atoms with Gasteiger partial charge in [-0.1, -0.05) is 80.7 Å². The molecule has 0 atom stereocenters. The number of aromatic nitrogens is 1. The lowest BCUT2D eigenvalue weighted by Gasteiger charge is -2.23. The molecule has 0 spiro atoms. The van der Waals surface area contributed by atoms with E-state index < -0.39 is 5.91 Å². The minimum atomic E-state index is -0.410. The monoisotopic (exact) mass is 582 g/mol. The van der Waals surface area contributed by atoms with Crippen molar-refractivity contribution in [3.8, 4) is 16.8 Å². The standard InChI is InChI=1S/C31H26N4O2S3/c1-31(2)22-18-20(19-10-6-4-7-11-19)14-15-23(22)33(3)25(31)17-16-24-27(36)34(21-12-8-5-9-13-21)29(39-24)26-28(37)35(32)30(38)40-26/h4-18H,32H2,1-3H3. The van der Waals surface area contributed by atoms with Gasteiger partial charge >= 0.3 is 0 Å². The number of anilines is 1. The molecule has 1 amide bonds. The van der Waals surface area contributed by atoms with E-state index >= 15 is 0 Å². The Kier molecular flexibility index (Phi) is 6.62. The Bertz CT molecular complexity index is 1890. The van der Waals surface area contributed by atoms with Crippen molar-refractivity contribution >= 4 is 62.2 Å². The number of benzene rings is 3. The van der Waals surface area contributed by atoms with Gasteiger partial charge in [-0.05, 0) is 64.9 Å². The molecule has 200 valence electrons. The number of thiazole rings is 1. The number of fused-ring (bicyclic) bond motifs is 1. The highest BCUT2D eigenvalue weighted by molar-refractivity contribution is 8.30. The molecular formula is C31H26N4O2S3. The Morgan fingerprint density at radius 2 is 1.57 bits per heavy atom. The number of amides is 1. The lowest BCUT2D eigenvalue weighted by Crippen LogP contribution is -2.36. The number of para-hydroxylation sites is 1. The summed E-state index contributed by atoms with van der Waals surface area (Å²) in [6.07, 6.45) is 3.87. The van der Waals surface area contributed by atoms with Crippen molar-refractivity contribution in [3.05, 3.63) is 116 Å². The molecule has 9 heteroatoms. The van der Waals surface area contributed by atoms with Crippen molar-refractivity contribution in [2.75, 3.05) is 11.9 Å². The Balaban J connectivity index is 1.50. The number of carbonyl (C=O) groups excluding carboxylic acids is 1. The van der Waals surface area contributed by atoms with Crippen LogP contribution in [0.4, 0.5) is 5.69 Å². The highest BCUT2D eigenvalue weighted by Gasteiger charge is 2.38. The van der Waals surface area contributed by atoms with Gasteiger partial charge in [0, 0.05) is 23.8 Å². The van der Waals surface area contributed by atoms with Crippen LogP contribution in [0.1, 0.15) is 19.4 Å². The van der Waals surface area contributed by atoms with Gasteiger partial charge in [0.15, 0.2) is 4.32 Å². The van der Waals surface area contributed by atoms with Crippen LogP contribution in [0.5, 0.6) is 0 Å². The first-order chi connectivity index (χ1) is 19.2. The fourth-order valence-corrected chi connectivity index (χ4v) is 7.55. The SMILES string of the molecule is CN1C(=CC=c2sc(=C3SC(=S)N(N)C3=O)n(-c3ccccc3)c2=O)C(C)(C)c2cc(-c3ccccc3)ccc21. The van der Waals surface area contributed by atoms with Crippen LogP contribution < -0.4 is 25.5 Å². The van der Waals surface area contributed by atoms with Crippen LogP contribution in [-0.4, -0.2) is 26.9 Å². The maximum atomic E-state index is 13.8. The lowest BCUT2D eigenvalue weighted by atomic mass is 9.82. The van der Waals surface area contributed by atoms with Crippen LogP contribution in [0.3, 0.4) is 0 Å². The number of thioether (sulfide) groups is 1. The highest BCUT2D eigenvalue weighted by atomic mass is 32.2. The summed E-state index contributed by atoms with van der Waals surface area (Å²) in [5.74, 6) is 5.44. The third-order valence-electron chi connectivity index (χ3n) is 7.36. The van der Waals surface area contributed by atoms with Crippen LogP contribution in [0.25, 0.3) is 27.8 Å². The van der Waals surface area contributed by atoms with Crippen LogP contribution in [0.15, 0.2) is 95.4 Å². The second-order valence-corrected chi connectivity index (χ2v) is 12.8. The largest absolute Gasteiger partial charge is 0.347 e. The summed E-state index contributed by atoms with van der Waals surface area (Å²) in [5, 5.41) is 0.956. The zero-order valence-electron chi connectivity index (χ0n) is 22.1. The molecule has 3 aromatic carbocycles. The second-order valence-electron chi connectivity index (χ2n) is 10.1. The van der Waals surface area contributed by atoms with E-state index in [4.69, 9.17) is 18.1 Å². The number of hydrogen-bond acceptors (Lipinski definition) is 7. The smallest absolute Gasteiger partial charge is 0.283 e. The van der Waals surface area contributed by atoms with Crippen molar-refractivity contribution in [2.45, 2.75) is 19.3 Å². The average Bonchev–Trinajstić information content (AvgIpc) is 3.50. The predicted octanol–water partition coefficient (Wildman–Crippen LogP) is 4.50. The van der Waals surface area contributed by atoms with Gasteiger partial charge in [0.2, 0.25) is 0 Å². The third-order valence-corrected chi connectivity index (χ3v) is 9.99. The topological polar surface area (TPSA) is 71.6 Å². The maximum absolute atomic E-state index is 13.8. The van der Waals surface area contributed by atoms with Crippen molar-refractivity contribution in [1.82, 2.24) is 9.58 Å². The molecule has 6 nitrogen and oxygen atoms in total. The molecule has 6 rings (SSSR count). The number of nitrogens with zero attached hydrogens (tertiary/aromatic N) is 3. The molecule has 40 heavy (non-hydrogen) atoms. The van der Waals surface area contributed by atoms with E-state index in [1.54, 1.807) is 4.57 Å². The second kappa shape index (κ2) is 10.0. The Hall–Kier alpha value is -3.76. The molecular weight excluding hydrogens is 557 g/mol. The predicted molar refractivity (Wildman–Crippen MR) is 170 cm³/mol. The number of thiocarbonyl (C=S) groups is 1. The molecule has 1 aromatic heterocycles. The van der Waals surface area contributed by atoms with E-state index in [2.05, 4.69) is 56.1 Å². The Labute approximate surface area is 245 Å². The van der Waals surface area contributed by atoms with Crippen LogP contribution >= 0.6 is 35.3 Å². The first kappa shape index (κ1) is 26.5. The van der Waals surface area contributed by atoms with Gasteiger partial charge in [0.05, 0.1) is 10.2 Å². The number of carbonyl (C=O) groups is 1. The summed E-state index contributed by atoms with van der Waals surface area (Å²) in [6.45, 7) is 4.40. The molecule has 3 heterocycles. The molecule has 0 aliphatic carbocycles. The normalized spacial score (nSPS) is 19.2. The summed E-state index contributed by atoms with van der Waals surface area (Å²) >= 11 is 7.63. The molecule has 2 N–H and O–H groups in total. The van der Waals surface area contributed by atoms with Gasteiger partial charge in [0.25, 0.3) is 11.5 Å². The van der Waals surface area contributed by atoms with Crippen LogP contribution in [-0.2, 0) is 10.2 Å². The number of likely N-dealkylation sites (N-methyl/N-ethyl adjacent to an activating group) is 1. The first-order valence-corrected chi connectivity index (χ1v) is 14.7. The van der Waals surface area contributed by atoms with Crippen molar-refractivity contribution in [3.63, 3.8) is 0 Å².